The Bertz CT molecular complexity index is 1000. The number of anilines is 1. The van der Waals surface area contributed by atoms with Crippen LogP contribution in [0.4, 0.5) is 5.69 Å². The van der Waals surface area contributed by atoms with Crippen LogP contribution < -0.4 is 14.8 Å². The zero-order valence-electron chi connectivity index (χ0n) is 19.3. The number of likely N-dealkylation sites (tertiary alicyclic amines) is 2. The summed E-state index contributed by atoms with van der Waals surface area (Å²) in [6.45, 7) is 4.96. The highest BCUT2D eigenvalue weighted by Crippen LogP contribution is 2.40. The van der Waals surface area contributed by atoms with Crippen LogP contribution in [0.2, 0.25) is 0 Å². The standard InChI is InChI=1S/C25H34N4O3/c1-28-13-9-20(25(28)30)27-24-17-7-5-8-19(17)26-21-16-23(22(31-2)15-18(21)24)32-14-6-12-29-10-3-4-11-29/h15-16,20H,3-14H2,1-2H3,(H,26,27). The average molecular weight is 439 g/mol. The first-order chi connectivity index (χ1) is 15.6. The summed E-state index contributed by atoms with van der Waals surface area (Å²) in [5.74, 6) is 1.62. The number of amides is 1. The number of fused-ring (bicyclic) bond motifs is 2. The fraction of sp³-hybridized carbons (Fsp3) is 0.600. The molecular formula is C25H34N4O3. The Hall–Kier alpha value is -2.54. The van der Waals surface area contributed by atoms with Gasteiger partial charge in [0.25, 0.3) is 0 Å². The third kappa shape index (κ3) is 4.10. The molecule has 0 spiro atoms. The summed E-state index contributed by atoms with van der Waals surface area (Å²) in [6.07, 6.45) is 7.53. The minimum atomic E-state index is -0.178. The lowest BCUT2D eigenvalue weighted by Gasteiger charge is -2.20. The fourth-order valence-corrected chi connectivity index (χ4v) is 5.31. The van der Waals surface area contributed by atoms with Crippen LogP contribution in [0, 0.1) is 0 Å². The van der Waals surface area contributed by atoms with Gasteiger partial charge in [-0.2, -0.15) is 0 Å². The van der Waals surface area contributed by atoms with E-state index in [1.807, 2.05) is 19.2 Å². The molecule has 0 saturated carbocycles. The van der Waals surface area contributed by atoms with Gasteiger partial charge in [0.2, 0.25) is 5.91 Å². The Labute approximate surface area is 190 Å². The molecule has 0 radical (unpaired) electrons. The molecule has 1 aromatic carbocycles. The summed E-state index contributed by atoms with van der Waals surface area (Å²) < 4.78 is 11.8. The van der Waals surface area contributed by atoms with Gasteiger partial charge >= 0.3 is 0 Å². The van der Waals surface area contributed by atoms with E-state index in [2.05, 4.69) is 10.2 Å². The minimum absolute atomic E-state index is 0.159. The second-order valence-corrected chi connectivity index (χ2v) is 9.28. The Balaban J connectivity index is 1.41. The molecule has 1 aliphatic carbocycles. The van der Waals surface area contributed by atoms with Crippen molar-refractivity contribution in [1.82, 2.24) is 14.8 Å². The van der Waals surface area contributed by atoms with Gasteiger partial charge in [-0.05, 0) is 69.7 Å². The van der Waals surface area contributed by atoms with Crippen LogP contribution in [0.25, 0.3) is 10.9 Å². The van der Waals surface area contributed by atoms with Gasteiger partial charge in [-0.25, -0.2) is 0 Å². The first-order valence-corrected chi connectivity index (χ1v) is 12.0. The highest BCUT2D eigenvalue weighted by molar-refractivity contribution is 5.98. The van der Waals surface area contributed by atoms with Crippen molar-refractivity contribution < 1.29 is 14.3 Å². The van der Waals surface area contributed by atoms with Crippen molar-refractivity contribution in [3.8, 4) is 11.5 Å². The quantitative estimate of drug-likeness (QED) is 0.639. The van der Waals surface area contributed by atoms with Gasteiger partial charge in [-0.15, -0.1) is 0 Å². The highest BCUT2D eigenvalue weighted by Gasteiger charge is 2.31. The number of rotatable bonds is 8. The molecule has 1 unspecified atom stereocenters. The van der Waals surface area contributed by atoms with E-state index in [1.54, 1.807) is 12.0 Å². The number of hydrogen-bond acceptors (Lipinski definition) is 6. The number of nitrogens with zero attached hydrogens (tertiary/aromatic N) is 3. The van der Waals surface area contributed by atoms with Crippen molar-refractivity contribution in [1.29, 1.82) is 0 Å². The number of aromatic nitrogens is 1. The predicted octanol–water partition coefficient (Wildman–Crippen LogP) is 3.24. The summed E-state index contributed by atoms with van der Waals surface area (Å²) >= 11 is 0. The Morgan fingerprint density at radius 2 is 1.97 bits per heavy atom. The minimum Gasteiger partial charge on any atom is -0.493 e. The molecule has 2 fully saturated rings. The molecule has 2 saturated heterocycles. The number of carbonyl (C=O) groups is 1. The summed E-state index contributed by atoms with van der Waals surface area (Å²) in [7, 11) is 3.55. The average Bonchev–Trinajstić information content (AvgIpc) is 3.55. The first-order valence-electron chi connectivity index (χ1n) is 12.0. The van der Waals surface area contributed by atoms with Crippen molar-refractivity contribution in [2.75, 3.05) is 52.3 Å². The van der Waals surface area contributed by atoms with Crippen LogP contribution in [0.15, 0.2) is 12.1 Å². The van der Waals surface area contributed by atoms with Crippen molar-refractivity contribution >= 4 is 22.5 Å². The van der Waals surface area contributed by atoms with E-state index in [0.717, 1.165) is 79.0 Å². The molecule has 7 heteroatoms. The second kappa shape index (κ2) is 9.14. The maximum atomic E-state index is 12.6. The molecule has 172 valence electrons. The molecule has 1 atom stereocenters. The van der Waals surface area contributed by atoms with Crippen molar-refractivity contribution in [2.45, 2.75) is 51.0 Å². The van der Waals surface area contributed by atoms with E-state index < -0.39 is 0 Å². The fourth-order valence-electron chi connectivity index (χ4n) is 5.31. The topological polar surface area (TPSA) is 66.9 Å². The summed E-state index contributed by atoms with van der Waals surface area (Å²) in [4.78, 5) is 21.8. The molecule has 7 nitrogen and oxygen atoms in total. The number of aryl methyl sites for hydroxylation is 1. The first kappa shape index (κ1) is 21.3. The number of nitrogens with one attached hydrogen (secondary N) is 1. The van der Waals surface area contributed by atoms with Crippen molar-refractivity contribution in [3.63, 3.8) is 0 Å². The zero-order valence-corrected chi connectivity index (χ0v) is 19.3. The molecule has 32 heavy (non-hydrogen) atoms. The third-order valence-corrected chi connectivity index (χ3v) is 7.12. The summed E-state index contributed by atoms with van der Waals surface area (Å²) in [6, 6.07) is 3.86. The number of benzene rings is 1. The Morgan fingerprint density at radius 3 is 2.72 bits per heavy atom. The van der Waals surface area contributed by atoms with Gasteiger partial charge in [0.15, 0.2) is 11.5 Å². The molecule has 0 bridgehead atoms. The van der Waals surface area contributed by atoms with Gasteiger partial charge < -0.3 is 24.6 Å². The molecule has 1 amide bonds. The molecule has 2 aliphatic heterocycles. The van der Waals surface area contributed by atoms with Gasteiger partial charge in [-0.1, -0.05) is 0 Å². The van der Waals surface area contributed by atoms with Gasteiger partial charge in [0.05, 0.1) is 19.2 Å². The van der Waals surface area contributed by atoms with E-state index in [1.165, 1.54) is 31.5 Å². The van der Waals surface area contributed by atoms with Crippen molar-refractivity contribution in [3.05, 3.63) is 23.4 Å². The van der Waals surface area contributed by atoms with Crippen LogP contribution in [0.1, 0.15) is 43.4 Å². The Morgan fingerprint density at radius 1 is 1.12 bits per heavy atom. The molecule has 5 rings (SSSR count). The number of ether oxygens (including phenoxy) is 2. The monoisotopic (exact) mass is 438 g/mol. The lowest BCUT2D eigenvalue weighted by molar-refractivity contribution is -0.127. The van der Waals surface area contributed by atoms with Crippen molar-refractivity contribution in [2.24, 2.45) is 0 Å². The van der Waals surface area contributed by atoms with E-state index in [-0.39, 0.29) is 11.9 Å². The SMILES string of the molecule is COc1cc2c(NC3CCN(C)C3=O)c3c(nc2cc1OCCCN1CCCC1)CCC3. The molecule has 1 N–H and O–H groups in total. The van der Waals surface area contributed by atoms with Gasteiger partial charge in [-0.3, -0.25) is 9.78 Å². The predicted molar refractivity (Wildman–Crippen MR) is 126 cm³/mol. The maximum Gasteiger partial charge on any atom is 0.244 e. The summed E-state index contributed by atoms with van der Waals surface area (Å²) in [5, 5.41) is 4.59. The number of likely N-dealkylation sites (N-methyl/N-ethyl adjacent to an activating group) is 1. The van der Waals surface area contributed by atoms with Crippen LogP contribution in [-0.4, -0.2) is 73.7 Å². The van der Waals surface area contributed by atoms with Gasteiger partial charge in [0, 0.05) is 43.0 Å². The third-order valence-electron chi connectivity index (χ3n) is 7.12. The van der Waals surface area contributed by atoms with E-state index in [9.17, 15) is 4.79 Å². The second-order valence-electron chi connectivity index (χ2n) is 9.28. The summed E-state index contributed by atoms with van der Waals surface area (Å²) in [5.41, 5.74) is 4.35. The largest absolute Gasteiger partial charge is 0.493 e. The van der Waals surface area contributed by atoms with E-state index in [4.69, 9.17) is 14.5 Å². The lowest BCUT2D eigenvalue weighted by Crippen LogP contribution is -2.31. The van der Waals surface area contributed by atoms with E-state index >= 15 is 0 Å². The maximum absolute atomic E-state index is 12.6. The number of pyridine rings is 1. The number of carbonyl (C=O) groups excluding carboxylic acids is 1. The lowest BCUT2D eigenvalue weighted by atomic mass is 10.0. The van der Waals surface area contributed by atoms with Crippen LogP contribution in [-0.2, 0) is 17.6 Å². The highest BCUT2D eigenvalue weighted by atomic mass is 16.5. The van der Waals surface area contributed by atoms with E-state index in [0.29, 0.717) is 6.61 Å². The molecule has 1 aromatic heterocycles. The van der Waals surface area contributed by atoms with Gasteiger partial charge in [0.1, 0.15) is 6.04 Å². The van der Waals surface area contributed by atoms with Crippen LogP contribution >= 0.6 is 0 Å². The molecule has 3 heterocycles. The molecule has 2 aromatic rings. The molecule has 3 aliphatic rings. The number of hydrogen-bond donors (Lipinski definition) is 1. The number of methoxy groups -OCH3 is 1. The Kier molecular flexibility index (Phi) is 6.09. The van der Waals surface area contributed by atoms with Crippen LogP contribution in [0.3, 0.4) is 0 Å². The smallest absolute Gasteiger partial charge is 0.244 e. The molecular weight excluding hydrogens is 404 g/mol. The zero-order chi connectivity index (χ0) is 22.1. The normalized spacial score (nSPS) is 20.9. The van der Waals surface area contributed by atoms with Crippen LogP contribution in [0.5, 0.6) is 11.5 Å².